The topological polar surface area (TPSA) is 7.76 Å². The number of hydrogen-bond acceptors (Lipinski definition) is 0. The fourth-order valence-electron chi connectivity index (χ4n) is 6.54. The minimum atomic E-state index is 0.0234. The van der Waals surface area contributed by atoms with E-state index >= 15 is 0 Å². The van der Waals surface area contributed by atoms with E-state index in [9.17, 15) is 0 Å². The molecule has 1 atom stereocenters. The molecule has 39 heavy (non-hydrogen) atoms. The highest BCUT2D eigenvalue weighted by molar-refractivity contribution is 6.26. The highest BCUT2D eigenvalue weighted by Gasteiger charge is 2.44. The average Bonchev–Trinajstić information content (AvgIpc) is 3.35. The van der Waals surface area contributed by atoms with Gasteiger partial charge >= 0.3 is 6.17 Å². The fourth-order valence-corrected chi connectivity index (χ4v) is 6.54. The normalized spacial score (nSPS) is 14.0. The van der Waals surface area contributed by atoms with Gasteiger partial charge in [-0.15, -0.1) is 9.13 Å². The van der Waals surface area contributed by atoms with Crippen molar-refractivity contribution in [1.82, 2.24) is 0 Å². The Balaban J connectivity index is 1.45. The van der Waals surface area contributed by atoms with Gasteiger partial charge in [0.2, 0.25) is 11.4 Å². The van der Waals surface area contributed by atoms with Crippen molar-refractivity contribution in [3.05, 3.63) is 151 Å². The Hall–Kier alpha value is -5.08. The second-order valence-electron chi connectivity index (χ2n) is 10.2. The van der Waals surface area contributed by atoms with Gasteiger partial charge in [-0.25, -0.2) is 0 Å². The van der Waals surface area contributed by atoms with Crippen LogP contribution < -0.4 is 9.13 Å². The summed E-state index contributed by atoms with van der Waals surface area (Å²) in [6.07, 6.45) is 6.43. The molecule has 0 radical (unpaired) electrons. The number of rotatable bonds is 3. The van der Waals surface area contributed by atoms with Crippen LogP contribution in [0.3, 0.4) is 0 Å². The summed E-state index contributed by atoms with van der Waals surface area (Å²) in [5.41, 5.74) is 7.30. The molecule has 0 N–H and O–H groups in total. The standard InChI is InChI=1S/C37H26N2/c1-2-25-23-33-28-15-5-3-13-26(28)27-14-4-6-16-29(27)34(33)24-32(25)36-20-10-12-22-39(36)37-31-18-8-7-17-30(31)35-19-9-11-21-38(35)37/h2-24,37H,1H2/q+2. The number of hydrogen-bond donors (Lipinski definition) is 0. The number of pyridine rings is 2. The summed E-state index contributed by atoms with van der Waals surface area (Å²) in [6, 6.07) is 43.9. The van der Waals surface area contributed by atoms with Crippen LogP contribution in [0.25, 0.3) is 60.9 Å². The van der Waals surface area contributed by atoms with Crippen LogP contribution in [0.4, 0.5) is 0 Å². The molecular weight excluding hydrogens is 472 g/mol. The van der Waals surface area contributed by atoms with Crippen molar-refractivity contribution in [2.75, 3.05) is 0 Å². The maximum absolute atomic E-state index is 4.25. The zero-order chi connectivity index (χ0) is 25.9. The number of aromatic nitrogens is 2. The van der Waals surface area contributed by atoms with Crippen LogP contribution in [0, 0.1) is 0 Å². The van der Waals surface area contributed by atoms with Crippen molar-refractivity contribution in [1.29, 1.82) is 0 Å². The van der Waals surface area contributed by atoms with Crippen molar-refractivity contribution in [3.8, 4) is 22.5 Å². The van der Waals surface area contributed by atoms with Gasteiger partial charge in [-0.3, -0.25) is 0 Å². The third-order valence-electron chi connectivity index (χ3n) is 8.23. The molecule has 7 aromatic rings. The maximum Gasteiger partial charge on any atom is 0.381 e. The van der Waals surface area contributed by atoms with Crippen LogP contribution in [0.5, 0.6) is 0 Å². The van der Waals surface area contributed by atoms with Crippen LogP contribution in [0.1, 0.15) is 17.3 Å². The lowest BCUT2D eigenvalue weighted by molar-refractivity contribution is -0.920. The molecule has 3 heterocycles. The van der Waals surface area contributed by atoms with Crippen LogP contribution in [-0.2, 0) is 0 Å². The minimum Gasteiger partial charge on any atom is -0.132 e. The summed E-state index contributed by atoms with van der Waals surface area (Å²) in [6.45, 7) is 4.25. The van der Waals surface area contributed by atoms with E-state index in [0.29, 0.717) is 0 Å². The predicted octanol–water partition coefficient (Wildman–Crippen LogP) is 8.11. The van der Waals surface area contributed by atoms with Gasteiger partial charge in [0, 0.05) is 24.3 Å². The molecule has 2 nitrogen and oxygen atoms in total. The molecule has 0 aliphatic carbocycles. The molecule has 0 bridgehead atoms. The quantitative estimate of drug-likeness (QED) is 0.172. The molecule has 5 aromatic carbocycles. The van der Waals surface area contributed by atoms with Gasteiger partial charge < -0.3 is 0 Å². The van der Waals surface area contributed by atoms with Crippen LogP contribution in [0.15, 0.2) is 140 Å². The van der Waals surface area contributed by atoms with Crippen LogP contribution in [0.2, 0.25) is 0 Å². The zero-order valence-electron chi connectivity index (χ0n) is 21.5. The molecule has 1 unspecified atom stereocenters. The van der Waals surface area contributed by atoms with Gasteiger partial charge in [-0.2, -0.15) is 0 Å². The summed E-state index contributed by atoms with van der Waals surface area (Å²) in [4.78, 5) is 0. The summed E-state index contributed by atoms with van der Waals surface area (Å²) in [5.74, 6) is 0. The lowest BCUT2D eigenvalue weighted by Crippen LogP contribution is -2.56. The van der Waals surface area contributed by atoms with Gasteiger partial charge in [0.1, 0.15) is 5.56 Å². The van der Waals surface area contributed by atoms with Crippen molar-refractivity contribution in [2.45, 2.75) is 6.17 Å². The third kappa shape index (κ3) is 3.15. The largest absolute Gasteiger partial charge is 0.381 e. The van der Waals surface area contributed by atoms with Crippen molar-refractivity contribution < 1.29 is 9.13 Å². The Morgan fingerprint density at radius 2 is 0.974 bits per heavy atom. The number of nitrogens with zero attached hydrogens (tertiary/aromatic N) is 2. The Bertz CT molecular complexity index is 2060. The Morgan fingerprint density at radius 3 is 1.59 bits per heavy atom. The molecular formula is C37H26N2+2. The van der Waals surface area contributed by atoms with Crippen LogP contribution in [-0.4, -0.2) is 0 Å². The first kappa shape index (κ1) is 22.0. The monoisotopic (exact) mass is 498 g/mol. The van der Waals surface area contributed by atoms with E-state index in [1.54, 1.807) is 0 Å². The first-order valence-corrected chi connectivity index (χ1v) is 13.4. The molecule has 1 aliphatic rings. The molecule has 1 aliphatic heterocycles. The van der Waals surface area contributed by atoms with E-state index < -0.39 is 0 Å². The maximum atomic E-state index is 4.25. The Kier molecular flexibility index (Phi) is 4.77. The van der Waals surface area contributed by atoms with Gasteiger partial charge in [-0.05, 0) is 74.3 Å². The second-order valence-corrected chi connectivity index (χ2v) is 10.2. The number of fused-ring (bicyclic) bond motifs is 9. The smallest absolute Gasteiger partial charge is 0.132 e. The van der Waals surface area contributed by atoms with E-state index in [1.807, 2.05) is 6.08 Å². The Labute approximate surface area is 227 Å². The average molecular weight is 499 g/mol. The minimum absolute atomic E-state index is 0.0234. The van der Waals surface area contributed by atoms with Crippen molar-refractivity contribution in [3.63, 3.8) is 0 Å². The predicted molar refractivity (Wildman–Crippen MR) is 160 cm³/mol. The second kappa shape index (κ2) is 8.47. The molecule has 8 rings (SSSR count). The van der Waals surface area contributed by atoms with E-state index in [0.717, 1.165) is 11.3 Å². The zero-order valence-corrected chi connectivity index (χ0v) is 21.5. The van der Waals surface area contributed by atoms with E-state index in [1.165, 1.54) is 54.7 Å². The highest BCUT2D eigenvalue weighted by Crippen LogP contribution is 2.39. The SMILES string of the molecule is C=Cc1cc2c3ccccc3c3ccccc3c2cc1-c1cccc[n+]1C1c2ccccc2-c2cccc[n+]21. The van der Waals surface area contributed by atoms with E-state index in [4.69, 9.17) is 0 Å². The van der Waals surface area contributed by atoms with Crippen molar-refractivity contribution in [2.24, 2.45) is 0 Å². The fraction of sp³-hybridized carbons (Fsp3) is 0.0270. The first-order chi connectivity index (χ1) is 19.3. The summed E-state index contributed by atoms with van der Waals surface area (Å²) in [7, 11) is 0. The highest BCUT2D eigenvalue weighted by atomic mass is 15.2. The number of benzene rings is 5. The van der Waals surface area contributed by atoms with Gasteiger partial charge in [0.05, 0.1) is 11.1 Å². The summed E-state index contributed by atoms with van der Waals surface area (Å²) < 4.78 is 4.79. The van der Waals surface area contributed by atoms with Gasteiger partial charge in [-0.1, -0.05) is 73.3 Å². The molecule has 0 saturated heterocycles. The van der Waals surface area contributed by atoms with Gasteiger partial charge in [0.15, 0.2) is 12.4 Å². The summed E-state index contributed by atoms with van der Waals surface area (Å²) >= 11 is 0. The summed E-state index contributed by atoms with van der Waals surface area (Å²) in [5, 5.41) is 7.64. The van der Waals surface area contributed by atoms with E-state index in [2.05, 4.69) is 149 Å². The lowest BCUT2D eigenvalue weighted by Gasteiger charge is -2.15. The molecule has 182 valence electrons. The molecule has 2 aromatic heterocycles. The lowest BCUT2D eigenvalue weighted by atomic mass is 9.90. The first-order valence-electron chi connectivity index (χ1n) is 13.4. The van der Waals surface area contributed by atoms with E-state index in [-0.39, 0.29) is 6.17 Å². The molecule has 0 amide bonds. The Morgan fingerprint density at radius 1 is 0.487 bits per heavy atom. The molecule has 0 saturated carbocycles. The molecule has 0 fully saturated rings. The molecule has 2 heteroatoms. The van der Waals surface area contributed by atoms with Gasteiger partial charge in [0.25, 0.3) is 0 Å². The van der Waals surface area contributed by atoms with Crippen LogP contribution >= 0.6 is 0 Å². The third-order valence-corrected chi connectivity index (χ3v) is 8.23. The van der Waals surface area contributed by atoms with Crippen molar-refractivity contribution >= 4 is 38.4 Å². The molecule has 0 spiro atoms.